The van der Waals surface area contributed by atoms with Gasteiger partial charge in [0.2, 0.25) is 0 Å². The Hall–Kier alpha value is -0.590. The Morgan fingerprint density at radius 1 is 1.33 bits per heavy atom. The van der Waals surface area contributed by atoms with Gasteiger partial charge in [-0.05, 0) is 65.5 Å². The maximum atomic E-state index is 8.98. The number of nitriles is 1. The van der Waals surface area contributed by atoms with Crippen molar-refractivity contribution < 1.29 is 0 Å². The standard InChI is InChI=1S/C15H29N3/c1-13-6-7-14(10-16)11-18(13)9-5-4-8-15(2,3)12-17/h13-14H,4-11,16H2,1-3H3. The van der Waals surface area contributed by atoms with Gasteiger partial charge in [0.05, 0.1) is 11.5 Å². The van der Waals surface area contributed by atoms with Crippen LogP contribution in [0.1, 0.15) is 52.9 Å². The van der Waals surface area contributed by atoms with Crippen LogP contribution in [-0.4, -0.2) is 30.6 Å². The Kier molecular flexibility index (Phi) is 6.11. The molecule has 2 atom stereocenters. The zero-order valence-electron chi connectivity index (χ0n) is 12.3. The van der Waals surface area contributed by atoms with Crippen molar-refractivity contribution in [1.82, 2.24) is 4.90 Å². The Morgan fingerprint density at radius 3 is 2.67 bits per heavy atom. The molecule has 0 amide bonds. The minimum Gasteiger partial charge on any atom is -0.330 e. The maximum Gasteiger partial charge on any atom is 0.0683 e. The topological polar surface area (TPSA) is 53.0 Å². The summed E-state index contributed by atoms with van der Waals surface area (Å²) in [6.07, 6.45) is 5.93. The van der Waals surface area contributed by atoms with Crippen molar-refractivity contribution in [3.8, 4) is 6.07 Å². The second-order valence-corrected chi connectivity index (χ2v) is 6.48. The number of rotatable bonds is 6. The van der Waals surface area contributed by atoms with Gasteiger partial charge in [0.25, 0.3) is 0 Å². The first-order chi connectivity index (χ1) is 8.48. The third kappa shape index (κ3) is 4.96. The van der Waals surface area contributed by atoms with Crippen LogP contribution in [0.4, 0.5) is 0 Å². The molecule has 1 heterocycles. The van der Waals surface area contributed by atoms with E-state index in [2.05, 4.69) is 17.9 Å². The fourth-order valence-corrected chi connectivity index (χ4v) is 2.70. The van der Waals surface area contributed by atoms with Crippen LogP contribution in [0.5, 0.6) is 0 Å². The summed E-state index contributed by atoms with van der Waals surface area (Å²) in [6.45, 7) is 9.54. The molecule has 0 aromatic rings. The zero-order valence-corrected chi connectivity index (χ0v) is 12.3. The minimum atomic E-state index is -0.159. The number of nitrogens with zero attached hydrogens (tertiary/aromatic N) is 2. The molecule has 0 saturated carbocycles. The third-order valence-electron chi connectivity index (χ3n) is 4.24. The van der Waals surface area contributed by atoms with Crippen LogP contribution in [-0.2, 0) is 0 Å². The number of nitrogens with two attached hydrogens (primary N) is 1. The van der Waals surface area contributed by atoms with Gasteiger partial charge in [-0.3, -0.25) is 0 Å². The molecule has 1 fully saturated rings. The van der Waals surface area contributed by atoms with Crippen LogP contribution >= 0.6 is 0 Å². The van der Waals surface area contributed by atoms with E-state index in [1.165, 1.54) is 32.4 Å². The molecule has 0 spiro atoms. The number of piperidine rings is 1. The fourth-order valence-electron chi connectivity index (χ4n) is 2.70. The van der Waals surface area contributed by atoms with Crippen LogP contribution in [0.25, 0.3) is 0 Å². The predicted octanol–water partition coefficient (Wildman–Crippen LogP) is 2.77. The predicted molar refractivity (Wildman–Crippen MR) is 76.1 cm³/mol. The van der Waals surface area contributed by atoms with E-state index < -0.39 is 0 Å². The van der Waals surface area contributed by atoms with E-state index in [1.807, 2.05) is 13.8 Å². The van der Waals surface area contributed by atoms with Gasteiger partial charge in [0.15, 0.2) is 0 Å². The second kappa shape index (κ2) is 7.11. The fraction of sp³-hybridized carbons (Fsp3) is 0.933. The van der Waals surface area contributed by atoms with E-state index in [1.54, 1.807) is 0 Å². The highest BCUT2D eigenvalue weighted by atomic mass is 15.2. The molecule has 0 aliphatic carbocycles. The molecule has 104 valence electrons. The smallest absolute Gasteiger partial charge is 0.0683 e. The Balaban J connectivity index is 2.24. The van der Waals surface area contributed by atoms with E-state index in [9.17, 15) is 0 Å². The first-order valence-electron chi connectivity index (χ1n) is 7.34. The number of likely N-dealkylation sites (tertiary alicyclic amines) is 1. The first-order valence-corrected chi connectivity index (χ1v) is 7.34. The molecule has 1 rings (SSSR count). The number of unbranched alkanes of at least 4 members (excludes halogenated alkanes) is 1. The van der Waals surface area contributed by atoms with Crippen molar-refractivity contribution in [2.75, 3.05) is 19.6 Å². The van der Waals surface area contributed by atoms with Crippen molar-refractivity contribution in [2.24, 2.45) is 17.1 Å². The molecule has 1 aliphatic rings. The van der Waals surface area contributed by atoms with Crippen LogP contribution < -0.4 is 5.73 Å². The van der Waals surface area contributed by atoms with Crippen molar-refractivity contribution in [3.05, 3.63) is 0 Å². The largest absolute Gasteiger partial charge is 0.330 e. The molecule has 2 unspecified atom stereocenters. The van der Waals surface area contributed by atoms with E-state index in [0.717, 1.165) is 19.4 Å². The summed E-state index contributed by atoms with van der Waals surface area (Å²) in [5, 5.41) is 8.98. The lowest BCUT2D eigenvalue weighted by molar-refractivity contribution is 0.118. The molecule has 1 aliphatic heterocycles. The van der Waals surface area contributed by atoms with Crippen molar-refractivity contribution >= 4 is 0 Å². The van der Waals surface area contributed by atoms with Gasteiger partial charge < -0.3 is 10.6 Å². The molecule has 3 nitrogen and oxygen atoms in total. The molecule has 0 aromatic carbocycles. The summed E-state index contributed by atoms with van der Waals surface area (Å²) >= 11 is 0. The summed E-state index contributed by atoms with van der Waals surface area (Å²) in [5.41, 5.74) is 5.62. The Morgan fingerprint density at radius 2 is 2.06 bits per heavy atom. The van der Waals surface area contributed by atoms with Gasteiger partial charge in [0, 0.05) is 12.6 Å². The lowest BCUT2D eigenvalue weighted by Crippen LogP contribution is -2.44. The molecule has 2 N–H and O–H groups in total. The average molecular weight is 251 g/mol. The van der Waals surface area contributed by atoms with Crippen molar-refractivity contribution in [1.29, 1.82) is 5.26 Å². The molecule has 0 bridgehead atoms. The molecule has 1 saturated heterocycles. The summed E-state index contributed by atoms with van der Waals surface area (Å²) in [4.78, 5) is 2.58. The maximum absolute atomic E-state index is 8.98. The summed E-state index contributed by atoms with van der Waals surface area (Å²) in [6, 6.07) is 3.08. The lowest BCUT2D eigenvalue weighted by Gasteiger charge is -2.37. The molecular weight excluding hydrogens is 222 g/mol. The Bertz CT molecular complexity index is 280. The quantitative estimate of drug-likeness (QED) is 0.739. The van der Waals surface area contributed by atoms with Gasteiger partial charge in [-0.2, -0.15) is 5.26 Å². The average Bonchev–Trinajstić information content (AvgIpc) is 2.36. The molecular formula is C15H29N3. The first kappa shape index (κ1) is 15.5. The summed E-state index contributed by atoms with van der Waals surface area (Å²) in [7, 11) is 0. The van der Waals surface area contributed by atoms with Crippen LogP contribution in [0.2, 0.25) is 0 Å². The highest BCUT2D eigenvalue weighted by molar-refractivity contribution is 4.91. The SMILES string of the molecule is CC1CCC(CN)CN1CCCCC(C)(C)C#N. The van der Waals surface area contributed by atoms with Gasteiger partial charge in [-0.25, -0.2) is 0 Å². The van der Waals surface area contributed by atoms with Crippen molar-refractivity contribution in [2.45, 2.75) is 58.9 Å². The van der Waals surface area contributed by atoms with E-state index >= 15 is 0 Å². The van der Waals surface area contributed by atoms with Gasteiger partial charge in [0.1, 0.15) is 0 Å². The zero-order chi connectivity index (χ0) is 13.6. The minimum absolute atomic E-state index is 0.159. The summed E-state index contributed by atoms with van der Waals surface area (Å²) in [5.74, 6) is 0.691. The van der Waals surface area contributed by atoms with Crippen LogP contribution in [0.15, 0.2) is 0 Å². The summed E-state index contributed by atoms with van der Waals surface area (Å²) < 4.78 is 0. The van der Waals surface area contributed by atoms with Crippen molar-refractivity contribution in [3.63, 3.8) is 0 Å². The monoisotopic (exact) mass is 251 g/mol. The van der Waals surface area contributed by atoms with Crippen LogP contribution in [0.3, 0.4) is 0 Å². The third-order valence-corrected chi connectivity index (χ3v) is 4.24. The molecule has 0 aromatic heterocycles. The number of hydrogen-bond donors (Lipinski definition) is 1. The van der Waals surface area contributed by atoms with Gasteiger partial charge >= 0.3 is 0 Å². The Labute approximate surface area is 112 Å². The normalized spacial score (nSPS) is 25.9. The molecule has 0 radical (unpaired) electrons. The van der Waals surface area contributed by atoms with Crippen LogP contribution in [0, 0.1) is 22.7 Å². The van der Waals surface area contributed by atoms with Gasteiger partial charge in [-0.15, -0.1) is 0 Å². The highest BCUT2D eigenvalue weighted by Crippen LogP contribution is 2.24. The van der Waals surface area contributed by atoms with E-state index in [-0.39, 0.29) is 5.41 Å². The highest BCUT2D eigenvalue weighted by Gasteiger charge is 2.24. The molecule has 3 heteroatoms. The number of hydrogen-bond acceptors (Lipinski definition) is 3. The lowest BCUT2D eigenvalue weighted by atomic mass is 9.88. The van der Waals surface area contributed by atoms with Gasteiger partial charge in [-0.1, -0.05) is 6.42 Å². The van der Waals surface area contributed by atoms with E-state index in [4.69, 9.17) is 11.0 Å². The molecule has 18 heavy (non-hydrogen) atoms. The second-order valence-electron chi connectivity index (χ2n) is 6.48. The van der Waals surface area contributed by atoms with E-state index in [0.29, 0.717) is 12.0 Å².